The van der Waals surface area contributed by atoms with Gasteiger partial charge in [-0.15, -0.1) is 0 Å². The van der Waals surface area contributed by atoms with Gasteiger partial charge < -0.3 is 9.47 Å². The molecule has 4 nitrogen and oxygen atoms in total. The molecule has 1 atom stereocenters. The summed E-state index contributed by atoms with van der Waals surface area (Å²) in [6, 6.07) is 0. The molecule has 7 heteroatoms. The summed E-state index contributed by atoms with van der Waals surface area (Å²) in [6.45, 7) is 5.16. The first-order valence-electron chi connectivity index (χ1n) is 5.72. The van der Waals surface area contributed by atoms with Gasteiger partial charge in [0.1, 0.15) is 10.0 Å². The van der Waals surface area contributed by atoms with Gasteiger partial charge in [-0.3, -0.25) is 0 Å². The maximum atomic E-state index is 13.4. The predicted molar refractivity (Wildman–Crippen MR) is 70.3 cm³/mol. The Bertz CT molecular complexity index is 483. The smallest absolute Gasteiger partial charge is 0.347 e. The number of pyridine rings is 1. The van der Waals surface area contributed by atoms with E-state index in [1.165, 1.54) is 13.8 Å². The molecule has 0 spiro atoms. The fraction of sp³-hybridized carbons (Fsp3) is 0.500. The van der Waals surface area contributed by atoms with Crippen molar-refractivity contribution in [3.63, 3.8) is 0 Å². The van der Waals surface area contributed by atoms with Crippen LogP contribution in [0.2, 0.25) is 10.0 Å². The molecule has 1 rings (SSSR count). The number of carbonyl (C=O) groups excluding carboxylic acids is 1. The highest BCUT2D eigenvalue weighted by atomic mass is 35.5. The zero-order valence-corrected chi connectivity index (χ0v) is 12.3. The van der Waals surface area contributed by atoms with Crippen LogP contribution in [0.5, 0.6) is 5.88 Å². The van der Waals surface area contributed by atoms with Gasteiger partial charge in [0.05, 0.1) is 6.61 Å². The van der Waals surface area contributed by atoms with Crippen LogP contribution < -0.4 is 4.74 Å². The first-order chi connectivity index (χ1) is 8.88. The van der Waals surface area contributed by atoms with Crippen molar-refractivity contribution in [2.75, 3.05) is 6.61 Å². The second kappa shape index (κ2) is 6.91. The fourth-order valence-corrected chi connectivity index (χ4v) is 1.58. The van der Waals surface area contributed by atoms with Crippen LogP contribution in [0.1, 0.15) is 25.8 Å². The first-order valence-corrected chi connectivity index (χ1v) is 6.48. The molecule has 0 aliphatic carbocycles. The molecule has 0 radical (unpaired) electrons. The third-order valence-electron chi connectivity index (χ3n) is 2.30. The molecular weight excluding hydrogens is 296 g/mol. The van der Waals surface area contributed by atoms with E-state index in [1.54, 1.807) is 0 Å². The Kier molecular flexibility index (Phi) is 5.82. The van der Waals surface area contributed by atoms with Crippen LogP contribution in [-0.2, 0) is 9.53 Å². The predicted octanol–water partition coefficient (Wildman–Crippen LogP) is 3.56. The van der Waals surface area contributed by atoms with E-state index >= 15 is 0 Å². The lowest BCUT2D eigenvalue weighted by molar-refractivity contribution is -0.151. The van der Waals surface area contributed by atoms with Crippen molar-refractivity contribution in [1.82, 2.24) is 4.98 Å². The summed E-state index contributed by atoms with van der Waals surface area (Å²) >= 11 is 11.6. The standard InChI is InChI=1S/C12H14Cl2FNO3/c1-4-5-18-12(17)7(3)19-11-9(14)6(2)8(13)10(15)16-11/h7H,4-5H2,1-3H3/t7-/m1/s1. The van der Waals surface area contributed by atoms with Gasteiger partial charge in [0.15, 0.2) is 6.10 Å². The zero-order valence-electron chi connectivity index (χ0n) is 10.8. The van der Waals surface area contributed by atoms with Gasteiger partial charge >= 0.3 is 5.97 Å². The molecule has 1 aromatic rings. The number of hydrogen-bond donors (Lipinski definition) is 0. The van der Waals surface area contributed by atoms with E-state index in [-0.39, 0.29) is 15.9 Å². The topological polar surface area (TPSA) is 48.4 Å². The van der Waals surface area contributed by atoms with Gasteiger partial charge in [0.2, 0.25) is 11.8 Å². The lowest BCUT2D eigenvalue weighted by Crippen LogP contribution is -2.27. The second-order valence-electron chi connectivity index (χ2n) is 3.89. The van der Waals surface area contributed by atoms with Gasteiger partial charge in [-0.1, -0.05) is 30.1 Å². The minimum Gasteiger partial charge on any atom is -0.463 e. The van der Waals surface area contributed by atoms with E-state index in [2.05, 4.69) is 4.98 Å². The maximum Gasteiger partial charge on any atom is 0.347 e. The maximum absolute atomic E-state index is 13.4. The third kappa shape index (κ3) is 3.94. The molecule has 0 N–H and O–H groups in total. The van der Waals surface area contributed by atoms with Gasteiger partial charge in [0, 0.05) is 0 Å². The largest absolute Gasteiger partial charge is 0.463 e. The molecule has 0 aliphatic rings. The number of hydrogen-bond acceptors (Lipinski definition) is 4. The average molecular weight is 310 g/mol. The van der Waals surface area contributed by atoms with Crippen LogP contribution >= 0.6 is 23.2 Å². The van der Waals surface area contributed by atoms with Crippen molar-refractivity contribution < 1.29 is 18.7 Å². The number of rotatable bonds is 5. The van der Waals surface area contributed by atoms with E-state index in [1.807, 2.05) is 6.92 Å². The fourth-order valence-electron chi connectivity index (χ4n) is 1.21. The summed E-state index contributed by atoms with van der Waals surface area (Å²) < 4.78 is 23.5. The van der Waals surface area contributed by atoms with E-state index < -0.39 is 18.0 Å². The Morgan fingerprint density at radius 3 is 2.63 bits per heavy atom. The highest BCUT2D eigenvalue weighted by Crippen LogP contribution is 2.32. The monoisotopic (exact) mass is 309 g/mol. The summed E-state index contributed by atoms with van der Waals surface area (Å²) in [6.07, 6.45) is -0.233. The highest BCUT2D eigenvalue weighted by Gasteiger charge is 2.21. The van der Waals surface area contributed by atoms with E-state index in [9.17, 15) is 9.18 Å². The molecule has 0 aliphatic heterocycles. The summed E-state index contributed by atoms with van der Waals surface area (Å²) in [5.41, 5.74) is 0.306. The molecule has 106 valence electrons. The van der Waals surface area contributed by atoms with Gasteiger partial charge in [-0.25, -0.2) is 4.79 Å². The minimum absolute atomic E-state index is 0.0709. The highest BCUT2D eigenvalue weighted by molar-refractivity contribution is 6.36. The van der Waals surface area contributed by atoms with Crippen LogP contribution in [0.15, 0.2) is 0 Å². The number of nitrogens with zero attached hydrogens (tertiary/aromatic N) is 1. The van der Waals surface area contributed by atoms with Crippen LogP contribution in [0.3, 0.4) is 0 Å². The van der Waals surface area contributed by atoms with Crippen molar-refractivity contribution >= 4 is 29.2 Å². The van der Waals surface area contributed by atoms with Crippen LogP contribution in [0, 0.1) is 12.9 Å². The average Bonchev–Trinajstić information content (AvgIpc) is 2.39. The number of halogens is 3. The molecule has 0 amide bonds. The molecule has 0 saturated carbocycles. The Hall–Kier alpha value is -1.07. The van der Waals surface area contributed by atoms with Crippen molar-refractivity contribution in [1.29, 1.82) is 0 Å². The van der Waals surface area contributed by atoms with E-state index in [4.69, 9.17) is 32.7 Å². The molecule has 19 heavy (non-hydrogen) atoms. The van der Waals surface area contributed by atoms with Gasteiger partial charge in [-0.2, -0.15) is 9.37 Å². The SMILES string of the molecule is CCCOC(=O)[C@@H](C)Oc1nc(F)c(Cl)c(C)c1Cl. The van der Waals surface area contributed by atoms with E-state index in [0.29, 0.717) is 18.6 Å². The molecule has 1 heterocycles. The van der Waals surface area contributed by atoms with Crippen molar-refractivity contribution in [2.24, 2.45) is 0 Å². The number of aromatic nitrogens is 1. The summed E-state index contributed by atoms with van der Waals surface area (Å²) in [7, 11) is 0. The third-order valence-corrected chi connectivity index (χ3v) is 3.18. The number of ether oxygens (including phenoxy) is 2. The molecule has 0 bridgehead atoms. The van der Waals surface area contributed by atoms with E-state index in [0.717, 1.165) is 0 Å². The normalized spacial score (nSPS) is 12.1. The Balaban J connectivity index is 2.85. The quantitative estimate of drug-likeness (QED) is 0.616. The van der Waals surface area contributed by atoms with Crippen LogP contribution in [-0.4, -0.2) is 23.7 Å². The first kappa shape index (κ1) is 16.0. The Morgan fingerprint density at radius 2 is 2.05 bits per heavy atom. The lowest BCUT2D eigenvalue weighted by atomic mass is 10.3. The zero-order chi connectivity index (χ0) is 14.6. The van der Waals surface area contributed by atoms with Crippen molar-refractivity contribution in [3.05, 3.63) is 21.6 Å². The Morgan fingerprint density at radius 1 is 1.42 bits per heavy atom. The van der Waals surface area contributed by atoms with Crippen LogP contribution in [0.4, 0.5) is 4.39 Å². The molecule has 1 aromatic heterocycles. The van der Waals surface area contributed by atoms with Crippen molar-refractivity contribution in [2.45, 2.75) is 33.3 Å². The molecule has 0 aromatic carbocycles. The van der Waals surface area contributed by atoms with Gasteiger partial charge in [0.25, 0.3) is 0 Å². The minimum atomic E-state index is -0.934. The van der Waals surface area contributed by atoms with Crippen LogP contribution in [0.25, 0.3) is 0 Å². The molecule has 0 unspecified atom stereocenters. The summed E-state index contributed by atoms with van der Waals surface area (Å²) in [5, 5.41) is -0.0971. The molecule has 0 saturated heterocycles. The Labute approximate surface area is 120 Å². The summed E-state index contributed by atoms with van der Waals surface area (Å²) in [5.74, 6) is -1.64. The molecular formula is C12H14Cl2FNO3. The summed E-state index contributed by atoms with van der Waals surface area (Å²) in [4.78, 5) is 15.0. The van der Waals surface area contributed by atoms with Gasteiger partial charge in [-0.05, 0) is 25.8 Å². The second-order valence-corrected chi connectivity index (χ2v) is 4.64. The number of carbonyl (C=O) groups is 1. The van der Waals surface area contributed by atoms with Crippen molar-refractivity contribution in [3.8, 4) is 5.88 Å². The number of esters is 1. The molecule has 0 fully saturated rings. The lowest BCUT2D eigenvalue weighted by Gasteiger charge is -2.15.